The van der Waals surface area contributed by atoms with Crippen LogP contribution in [-0.4, -0.2) is 52.2 Å². The summed E-state index contributed by atoms with van der Waals surface area (Å²) in [4.78, 5) is 25.6. The van der Waals surface area contributed by atoms with Crippen molar-refractivity contribution in [1.29, 1.82) is 0 Å². The van der Waals surface area contributed by atoms with Crippen LogP contribution >= 0.6 is 38.9 Å². The van der Waals surface area contributed by atoms with Crippen LogP contribution in [0, 0.1) is 0 Å². The second-order valence-corrected chi connectivity index (χ2v) is 9.62. The quantitative estimate of drug-likeness (QED) is 0.406. The fraction of sp³-hybridized carbons (Fsp3) is 0.238. The van der Waals surface area contributed by atoms with Crippen LogP contribution in [0.15, 0.2) is 51.5 Å². The van der Waals surface area contributed by atoms with E-state index in [1.807, 2.05) is 42.5 Å². The van der Waals surface area contributed by atoms with Crippen molar-refractivity contribution in [3.8, 4) is 11.4 Å². The third-order valence-electron chi connectivity index (χ3n) is 5.12. The minimum absolute atomic E-state index is 0.150. The summed E-state index contributed by atoms with van der Waals surface area (Å²) in [6, 6.07) is 13.2. The molecule has 1 fully saturated rings. The number of thiazole rings is 1. The van der Waals surface area contributed by atoms with Gasteiger partial charge >= 0.3 is 6.03 Å². The molecule has 0 radical (unpaired) electrons. The lowest BCUT2D eigenvalue weighted by atomic mass is 10.2. The van der Waals surface area contributed by atoms with Crippen molar-refractivity contribution in [2.75, 3.05) is 31.1 Å². The average Bonchev–Trinajstić information content (AvgIpc) is 3.44. The van der Waals surface area contributed by atoms with Gasteiger partial charge in [-0.1, -0.05) is 56.2 Å². The number of carbonyl (C=O) groups excluding carboxylic acids is 1. The number of hydrogen-bond acceptors (Lipinski definition) is 7. The number of urea groups is 1. The number of hydrogen-bond donors (Lipinski definition) is 1. The number of halogens is 2. The highest BCUT2D eigenvalue weighted by Gasteiger charge is 2.23. The van der Waals surface area contributed by atoms with Gasteiger partial charge in [0.2, 0.25) is 11.7 Å². The normalized spacial score (nSPS) is 14.2. The zero-order valence-electron chi connectivity index (χ0n) is 16.8. The molecule has 2 aromatic heterocycles. The third kappa shape index (κ3) is 4.57. The molecule has 11 heteroatoms. The molecule has 2 aromatic carbocycles. The Labute approximate surface area is 201 Å². The van der Waals surface area contributed by atoms with Crippen molar-refractivity contribution >= 4 is 60.2 Å². The van der Waals surface area contributed by atoms with Crippen LogP contribution < -0.4 is 10.2 Å². The maximum absolute atomic E-state index is 12.6. The molecule has 32 heavy (non-hydrogen) atoms. The Bertz CT molecular complexity index is 1270. The van der Waals surface area contributed by atoms with Crippen molar-refractivity contribution in [2.24, 2.45) is 0 Å². The number of amides is 2. The fourth-order valence-electron chi connectivity index (χ4n) is 3.46. The topological polar surface area (TPSA) is 87.4 Å². The smallest absolute Gasteiger partial charge is 0.317 e. The first kappa shape index (κ1) is 21.2. The van der Waals surface area contributed by atoms with Gasteiger partial charge in [0.25, 0.3) is 0 Å². The molecule has 0 atom stereocenters. The Hall–Kier alpha value is -2.69. The maximum Gasteiger partial charge on any atom is 0.317 e. The van der Waals surface area contributed by atoms with E-state index in [-0.39, 0.29) is 12.6 Å². The number of carbonyl (C=O) groups is 1. The lowest BCUT2D eigenvalue weighted by Crippen LogP contribution is -2.51. The van der Waals surface area contributed by atoms with Gasteiger partial charge in [-0.3, -0.25) is 0 Å². The second kappa shape index (κ2) is 9.05. The van der Waals surface area contributed by atoms with Crippen molar-refractivity contribution in [1.82, 2.24) is 25.3 Å². The molecular formula is C21H18BrClN6O2S. The van der Waals surface area contributed by atoms with Gasteiger partial charge in [-0.25, -0.2) is 9.78 Å². The highest BCUT2D eigenvalue weighted by molar-refractivity contribution is 9.10. The molecule has 164 valence electrons. The minimum Gasteiger partial charge on any atom is -0.345 e. The molecule has 1 saturated heterocycles. The number of rotatable bonds is 4. The van der Waals surface area contributed by atoms with Crippen molar-refractivity contribution in [3.05, 3.63) is 57.9 Å². The van der Waals surface area contributed by atoms with Gasteiger partial charge in [0.1, 0.15) is 0 Å². The summed E-state index contributed by atoms with van der Waals surface area (Å²) in [7, 11) is 0. The van der Waals surface area contributed by atoms with Crippen LogP contribution in [0.3, 0.4) is 0 Å². The first-order chi connectivity index (χ1) is 15.5. The fourth-order valence-corrected chi connectivity index (χ4v) is 5.15. The summed E-state index contributed by atoms with van der Waals surface area (Å²) in [5.74, 6) is 0.849. The van der Waals surface area contributed by atoms with Crippen molar-refractivity contribution < 1.29 is 9.32 Å². The summed E-state index contributed by atoms with van der Waals surface area (Å²) in [5, 5.41) is 8.51. The molecule has 5 rings (SSSR count). The molecule has 0 saturated carbocycles. The monoisotopic (exact) mass is 532 g/mol. The van der Waals surface area contributed by atoms with Gasteiger partial charge in [-0.05, 0) is 30.3 Å². The van der Waals surface area contributed by atoms with E-state index in [0.29, 0.717) is 42.9 Å². The maximum atomic E-state index is 12.6. The largest absolute Gasteiger partial charge is 0.345 e. The molecule has 0 spiro atoms. The molecule has 0 aliphatic carbocycles. The number of nitrogens with one attached hydrogen (secondary N) is 1. The van der Waals surface area contributed by atoms with E-state index in [0.717, 1.165) is 25.4 Å². The Kier molecular flexibility index (Phi) is 5.99. The van der Waals surface area contributed by atoms with Gasteiger partial charge in [0, 0.05) is 41.2 Å². The summed E-state index contributed by atoms with van der Waals surface area (Å²) in [5.41, 5.74) is 1.78. The minimum atomic E-state index is -0.150. The number of aromatic nitrogens is 3. The zero-order valence-corrected chi connectivity index (χ0v) is 20.0. The lowest BCUT2D eigenvalue weighted by molar-refractivity contribution is 0.192. The number of piperazine rings is 1. The van der Waals surface area contributed by atoms with E-state index in [1.54, 1.807) is 16.2 Å². The van der Waals surface area contributed by atoms with Crippen LogP contribution in [0.2, 0.25) is 5.02 Å². The Morgan fingerprint density at radius 2 is 2.00 bits per heavy atom. The average molecular weight is 534 g/mol. The van der Waals surface area contributed by atoms with E-state index < -0.39 is 0 Å². The van der Waals surface area contributed by atoms with E-state index >= 15 is 0 Å². The summed E-state index contributed by atoms with van der Waals surface area (Å²) in [6.45, 7) is 2.83. The van der Waals surface area contributed by atoms with Crippen LogP contribution in [0.1, 0.15) is 5.89 Å². The number of anilines is 1. The molecular weight excluding hydrogens is 516 g/mol. The molecule has 1 aliphatic heterocycles. The van der Waals surface area contributed by atoms with E-state index in [1.165, 1.54) is 0 Å². The molecule has 3 heterocycles. The van der Waals surface area contributed by atoms with Crippen LogP contribution in [0.5, 0.6) is 0 Å². The summed E-state index contributed by atoms with van der Waals surface area (Å²) < 4.78 is 7.27. The Morgan fingerprint density at radius 1 is 1.16 bits per heavy atom. The molecule has 4 aromatic rings. The van der Waals surface area contributed by atoms with Crippen LogP contribution in [0.25, 0.3) is 21.6 Å². The first-order valence-corrected chi connectivity index (χ1v) is 12.0. The van der Waals surface area contributed by atoms with Crippen molar-refractivity contribution in [2.45, 2.75) is 6.54 Å². The molecule has 1 aliphatic rings. The number of benzene rings is 2. The van der Waals surface area contributed by atoms with Gasteiger partial charge in [-0.15, -0.1) is 0 Å². The van der Waals surface area contributed by atoms with Crippen LogP contribution in [-0.2, 0) is 6.54 Å². The molecule has 2 amide bonds. The van der Waals surface area contributed by atoms with Gasteiger partial charge in [-0.2, -0.15) is 4.98 Å². The first-order valence-electron chi connectivity index (χ1n) is 9.97. The Morgan fingerprint density at radius 3 is 2.81 bits per heavy atom. The molecule has 0 unspecified atom stereocenters. The predicted octanol–water partition coefficient (Wildman–Crippen LogP) is 4.79. The van der Waals surface area contributed by atoms with Gasteiger partial charge in [0.15, 0.2) is 5.13 Å². The van der Waals surface area contributed by atoms with E-state index in [2.05, 4.69) is 36.3 Å². The molecule has 1 N–H and O–H groups in total. The standard InChI is InChI=1S/C21H18BrClN6O2S/c22-14-3-1-2-13(10-14)19-26-18(31-27-19)12-24-20(30)28-6-8-29(9-7-28)21-25-16-5-4-15(23)11-17(16)32-21/h1-5,10-11H,6-9,12H2,(H,24,30). The number of fused-ring (bicyclic) bond motifs is 1. The van der Waals surface area contributed by atoms with Crippen molar-refractivity contribution in [3.63, 3.8) is 0 Å². The molecule has 0 bridgehead atoms. The summed E-state index contributed by atoms with van der Waals surface area (Å²) >= 11 is 11.1. The van der Waals surface area contributed by atoms with E-state index in [9.17, 15) is 4.79 Å². The zero-order chi connectivity index (χ0) is 22.1. The predicted molar refractivity (Wildman–Crippen MR) is 128 cm³/mol. The van der Waals surface area contributed by atoms with Crippen LogP contribution in [0.4, 0.5) is 9.93 Å². The third-order valence-corrected chi connectivity index (χ3v) is 6.93. The number of nitrogens with zero attached hydrogens (tertiary/aromatic N) is 5. The summed E-state index contributed by atoms with van der Waals surface area (Å²) in [6.07, 6.45) is 0. The lowest BCUT2D eigenvalue weighted by Gasteiger charge is -2.34. The SMILES string of the molecule is O=C(NCc1nc(-c2cccc(Br)c2)no1)N1CCN(c2nc3ccc(Cl)cc3s2)CC1. The Balaban J connectivity index is 1.15. The second-order valence-electron chi connectivity index (χ2n) is 7.26. The highest BCUT2D eigenvalue weighted by atomic mass is 79.9. The molecule has 8 nitrogen and oxygen atoms in total. The van der Waals surface area contributed by atoms with E-state index in [4.69, 9.17) is 21.1 Å². The highest BCUT2D eigenvalue weighted by Crippen LogP contribution is 2.31. The van der Waals surface area contributed by atoms with Gasteiger partial charge < -0.3 is 19.6 Å². The van der Waals surface area contributed by atoms with Gasteiger partial charge in [0.05, 0.1) is 16.8 Å².